The number of Topliss-reactive ketones (excluding diaryl/α,β-unsaturated/α-hetero) is 1. The van der Waals surface area contributed by atoms with Crippen LogP contribution < -0.4 is 9.47 Å². The summed E-state index contributed by atoms with van der Waals surface area (Å²) < 4.78 is 10.9. The second-order valence-corrected chi connectivity index (χ2v) is 5.19. The summed E-state index contributed by atoms with van der Waals surface area (Å²) in [6.07, 6.45) is 1.86. The Kier molecular flexibility index (Phi) is 7.96. The van der Waals surface area contributed by atoms with Gasteiger partial charge in [0.05, 0.1) is 19.8 Å². The van der Waals surface area contributed by atoms with Crippen LogP contribution in [0.4, 0.5) is 0 Å². The lowest BCUT2D eigenvalue weighted by Crippen LogP contribution is -2.41. The molecule has 0 saturated carbocycles. The van der Waals surface area contributed by atoms with E-state index in [1.807, 2.05) is 19.1 Å². The number of ketones is 1. The zero-order valence-electron chi connectivity index (χ0n) is 14.5. The van der Waals surface area contributed by atoms with Crippen LogP contribution in [0, 0.1) is 0 Å². The van der Waals surface area contributed by atoms with Crippen molar-refractivity contribution in [1.82, 2.24) is 4.90 Å². The van der Waals surface area contributed by atoms with E-state index < -0.39 is 0 Å². The number of benzene rings is 1. The number of hydrogen-bond donors (Lipinski definition) is 0. The number of rotatable bonds is 10. The Balaban J connectivity index is 3.07. The van der Waals surface area contributed by atoms with Gasteiger partial charge in [0.15, 0.2) is 17.3 Å². The summed E-state index contributed by atoms with van der Waals surface area (Å²) in [7, 11) is 1.60. The van der Waals surface area contributed by atoms with E-state index in [1.165, 1.54) is 0 Å². The van der Waals surface area contributed by atoms with Crippen molar-refractivity contribution in [2.24, 2.45) is 0 Å². The Hall–Kier alpha value is -1.55. The third-order valence-corrected chi connectivity index (χ3v) is 3.87. The minimum absolute atomic E-state index is 0.0670. The molecule has 0 aromatic heterocycles. The highest BCUT2D eigenvalue weighted by Crippen LogP contribution is 2.29. The Morgan fingerprint density at radius 1 is 1.14 bits per heavy atom. The molecule has 0 radical (unpaired) electrons. The number of hydrogen-bond acceptors (Lipinski definition) is 4. The standard InChI is InChI=1S/C18H29NO3/c1-6-10-15(19(7-2)8-3)18(20)14-11-12-16(22-9-4)17(13-14)21-5/h11-13,15H,6-10H2,1-5H3. The fourth-order valence-electron chi connectivity index (χ4n) is 2.71. The third-order valence-electron chi connectivity index (χ3n) is 3.87. The van der Waals surface area contributed by atoms with Crippen LogP contribution in [0.1, 0.15) is 50.9 Å². The molecular formula is C18H29NO3. The van der Waals surface area contributed by atoms with Gasteiger partial charge >= 0.3 is 0 Å². The highest BCUT2D eigenvalue weighted by Gasteiger charge is 2.25. The van der Waals surface area contributed by atoms with Crippen LogP contribution >= 0.6 is 0 Å². The molecule has 124 valence electrons. The fourth-order valence-corrected chi connectivity index (χ4v) is 2.71. The molecule has 0 heterocycles. The van der Waals surface area contributed by atoms with Crippen LogP contribution in [-0.4, -0.2) is 43.5 Å². The summed E-state index contributed by atoms with van der Waals surface area (Å²) in [4.78, 5) is 15.1. The van der Waals surface area contributed by atoms with E-state index in [0.717, 1.165) is 25.9 Å². The summed E-state index contributed by atoms with van der Waals surface area (Å²) in [6.45, 7) is 10.6. The maximum atomic E-state index is 12.9. The van der Waals surface area contributed by atoms with Crippen LogP contribution in [0.5, 0.6) is 11.5 Å². The maximum Gasteiger partial charge on any atom is 0.180 e. The Morgan fingerprint density at radius 2 is 1.82 bits per heavy atom. The molecular weight excluding hydrogens is 278 g/mol. The first-order valence-corrected chi connectivity index (χ1v) is 8.21. The summed E-state index contributed by atoms with van der Waals surface area (Å²) >= 11 is 0. The van der Waals surface area contributed by atoms with E-state index in [2.05, 4.69) is 25.7 Å². The SMILES string of the molecule is CCCC(C(=O)c1ccc(OCC)c(OC)c1)N(CC)CC. The van der Waals surface area contributed by atoms with Crippen molar-refractivity contribution < 1.29 is 14.3 Å². The van der Waals surface area contributed by atoms with Gasteiger partial charge in [-0.3, -0.25) is 9.69 Å². The highest BCUT2D eigenvalue weighted by atomic mass is 16.5. The fraction of sp³-hybridized carbons (Fsp3) is 0.611. The molecule has 0 aliphatic rings. The van der Waals surface area contributed by atoms with Crippen LogP contribution in [-0.2, 0) is 0 Å². The summed E-state index contributed by atoms with van der Waals surface area (Å²) in [6, 6.07) is 5.38. The van der Waals surface area contributed by atoms with Crippen molar-refractivity contribution in [2.75, 3.05) is 26.8 Å². The molecule has 4 nitrogen and oxygen atoms in total. The normalized spacial score (nSPS) is 12.3. The lowest BCUT2D eigenvalue weighted by Gasteiger charge is -2.28. The number of likely N-dealkylation sites (N-methyl/N-ethyl adjacent to an activating group) is 1. The van der Waals surface area contributed by atoms with Gasteiger partial charge in [-0.15, -0.1) is 0 Å². The Morgan fingerprint density at radius 3 is 2.32 bits per heavy atom. The van der Waals surface area contributed by atoms with Crippen molar-refractivity contribution in [1.29, 1.82) is 0 Å². The van der Waals surface area contributed by atoms with Crippen LogP contribution in [0.3, 0.4) is 0 Å². The molecule has 1 rings (SSSR count). The molecule has 0 aliphatic heterocycles. The summed E-state index contributed by atoms with van der Waals surface area (Å²) in [5, 5.41) is 0. The van der Waals surface area contributed by atoms with Crippen LogP contribution in [0.25, 0.3) is 0 Å². The Bertz CT molecular complexity index is 469. The van der Waals surface area contributed by atoms with Gasteiger partial charge < -0.3 is 9.47 Å². The molecule has 0 amide bonds. The molecule has 0 bridgehead atoms. The maximum absolute atomic E-state index is 12.9. The molecule has 1 atom stereocenters. The van der Waals surface area contributed by atoms with Gasteiger partial charge in [-0.25, -0.2) is 0 Å². The molecule has 0 fully saturated rings. The smallest absolute Gasteiger partial charge is 0.180 e. The van der Waals surface area contributed by atoms with Crippen molar-refractivity contribution in [3.05, 3.63) is 23.8 Å². The molecule has 0 aliphatic carbocycles. The lowest BCUT2D eigenvalue weighted by atomic mass is 9.98. The largest absolute Gasteiger partial charge is 0.493 e. The number of carbonyl (C=O) groups is 1. The number of carbonyl (C=O) groups excluding carboxylic acids is 1. The predicted molar refractivity (Wildman–Crippen MR) is 90.1 cm³/mol. The predicted octanol–water partition coefficient (Wildman–Crippen LogP) is 3.79. The second-order valence-electron chi connectivity index (χ2n) is 5.19. The third kappa shape index (κ3) is 4.47. The van der Waals surface area contributed by atoms with Crippen molar-refractivity contribution >= 4 is 5.78 Å². The molecule has 1 unspecified atom stereocenters. The van der Waals surface area contributed by atoms with Crippen molar-refractivity contribution in [3.63, 3.8) is 0 Å². The monoisotopic (exact) mass is 307 g/mol. The topological polar surface area (TPSA) is 38.8 Å². The van der Waals surface area contributed by atoms with Gasteiger partial charge in [-0.1, -0.05) is 27.2 Å². The van der Waals surface area contributed by atoms with E-state index >= 15 is 0 Å². The zero-order valence-corrected chi connectivity index (χ0v) is 14.5. The number of methoxy groups -OCH3 is 1. The minimum Gasteiger partial charge on any atom is -0.493 e. The minimum atomic E-state index is -0.0670. The number of ether oxygens (including phenoxy) is 2. The van der Waals surface area contributed by atoms with E-state index in [4.69, 9.17) is 9.47 Å². The van der Waals surface area contributed by atoms with E-state index in [1.54, 1.807) is 13.2 Å². The number of nitrogens with zero attached hydrogens (tertiary/aromatic N) is 1. The molecule has 1 aromatic carbocycles. The van der Waals surface area contributed by atoms with E-state index in [0.29, 0.717) is 23.7 Å². The zero-order chi connectivity index (χ0) is 16.5. The highest BCUT2D eigenvalue weighted by molar-refractivity contribution is 6.00. The molecule has 0 spiro atoms. The molecule has 0 saturated heterocycles. The first kappa shape index (κ1) is 18.5. The van der Waals surface area contributed by atoms with Gasteiger partial charge in [0.1, 0.15) is 0 Å². The summed E-state index contributed by atoms with van der Waals surface area (Å²) in [5.74, 6) is 1.45. The van der Waals surface area contributed by atoms with Crippen LogP contribution in [0.15, 0.2) is 18.2 Å². The average Bonchev–Trinajstić information content (AvgIpc) is 2.55. The second kappa shape index (κ2) is 9.46. The first-order chi connectivity index (χ1) is 10.6. The molecule has 0 N–H and O–H groups in total. The molecule has 1 aromatic rings. The van der Waals surface area contributed by atoms with Gasteiger partial charge in [0, 0.05) is 5.56 Å². The lowest BCUT2D eigenvalue weighted by molar-refractivity contribution is 0.0818. The van der Waals surface area contributed by atoms with Gasteiger partial charge in [-0.05, 0) is 44.6 Å². The molecule has 22 heavy (non-hydrogen) atoms. The van der Waals surface area contributed by atoms with Gasteiger partial charge in [-0.2, -0.15) is 0 Å². The van der Waals surface area contributed by atoms with Crippen LogP contribution in [0.2, 0.25) is 0 Å². The molecule has 4 heteroatoms. The van der Waals surface area contributed by atoms with Gasteiger partial charge in [0.2, 0.25) is 0 Å². The van der Waals surface area contributed by atoms with Gasteiger partial charge in [0.25, 0.3) is 0 Å². The van der Waals surface area contributed by atoms with E-state index in [-0.39, 0.29) is 11.8 Å². The van der Waals surface area contributed by atoms with Crippen molar-refractivity contribution in [2.45, 2.75) is 46.6 Å². The van der Waals surface area contributed by atoms with Crippen molar-refractivity contribution in [3.8, 4) is 11.5 Å². The quantitative estimate of drug-likeness (QED) is 0.617. The summed E-state index contributed by atoms with van der Waals surface area (Å²) in [5.41, 5.74) is 0.686. The average molecular weight is 307 g/mol. The van der Waals surface area contributed by atoms with E-state index in [9.17, 15) is 4.79 Å². The Labute approximate surface area is 134 Å². The first-order valence-electron chi connectivity index (χ1n) is 8.21.